The van der Waals surface area contributed by atoms with Crippen molar-refractivity contribution in [3.05, 3.63) is 17.7 Å². The molecule has 3 N–H and O–H groups in total. The van der Waals surface area contributed by atoms with E-state index in [1.165, 1.54) is 44.2 Å². The van der Waals surface area contributed by atoms with Gasteiger partial charge in [-0.15, -0.1) is 0 Å². The van der Waals surface area contributed by atoms with E-state index in [0.29, 0.717) is 5.41 Å². The molecular weight excluding hydrogens is 246 g/mol. The molecule has 5 rings (SSSR count). The van der Waals surface area contributed by atoms with Crippen LogP contribution in [0.5, 0.6) is 0 Å². The molecule has 1 atom stereocenters. The maximum absolute atomic E-state index is 5.85. The lowest BCUT2D eigenvalue weighted by Gasteiger charge is -2.56. The molecule has 4 bridgehead atoms. The summed E-state index contributed by atoms with van der Waals surface area (Å²) >= 11 is 0. The Morgan fingerprint density at radius 1 is 1.25 bits per heavy atom. The Morgan fingerprint density at radius 3 is 2.40 bits per heavy atom. The van der Waals surface area contributed by atoms with Crippen molar-refractivity contribution in [2.75, 3.05) is 0 Å². The van der Waals surface area contributed by atoms with Gasteiger partial charge in [-0.1, -0.05) is 0 Å². The topological polar surface area (TPSA) is 54.7 Å². The van der Waals surface area contributed by atoms with Crippen LogP contribution >= 0.6 is 0 Å². The summed E-state index contributed by atoms with van der Waals surface area (Å²) in [5.41, 5.74) is 7.75. The second-order valence-electron chi connectivity index (χ2n) is 7.96. The average Bonchev–Trinajstić information content (AvgIpc) is 2.84. The van der Waals surface area contributed by atoms with Gasteiger partial charge in [0.25, 0.3) is 0 Å². The largest absolute Gasteiger partial charge is 0.345 e. The number of aromatic amines is 1. The normalized spacial score (nSPS) is 40.2. The molecule has 1 unspecified atom stereocenters. The fourth-order valence-electron chi connectivity index (χ4n) is 5.56. The average molecular weight is 273 g/mol. The van der Waals surface area contributed by atoms with E-state index in [1.54, 1.807) is 0 Å². The third-order valence-corrected chi connectivity index (χ3v) is 6.07. The zero-order valence-electron chi connectivity index (χ0n) is 12.6. The Kier molecular flexibility index (Phi) is 2.95. The van der Waals surface area contributed by atoms with Crippen LogP contribution in [0, 0.1) is 17.8 Å². The molecule has 0 amide bonds. The summed E-state index contributed by atoms with van der Waals surface area (Å²) in [5, 5.41) is 0. The molecule has 110 valence electrons. The van der Waals surface area contributed by atoms with Crippen LogP contribution in [0.4, 0.5) is 0 Å². The van der Waals surface area contributed by atoms with Crippen molar-refractivity contribution in [3.63, 3.8) is 0 Å². The van der Waals surface area contributed by atoms with E-state index in [0.717, 1.165) is 36.4 Å². The summed E-state index contributed by atoms with van der Waals surface area (Å²) in [6.45, 7) is 2.07. The highest BCUT2D eigenvalue weighted by atomic mass is 14.9. The highest BCUT2D eigenvalue weighted by Gasteiger charge is 2.52. The van der Waals surface area contributed by atoms with E-state index < -0.39 is 0 Å². The summed E-state index contributed by atoms with van der Waals surface area (Å²) in [7, 11) is 0. The molecule has 1 heterocycles. The number of nitrogens with two attached hydrogens (primary N) is 1. The summed E-state index contributed by atoms with van der Waals surface area (Å²) in [5.74, 6) is 4.14. The Morgan fingerprint density at radius 2 is 1.85 bits per heavy atom. The van der Waals surface area contributed by atoms with Crippen molar-refractivity contribution >= 4 is 0 Å². The second kappa shape index (κ2) is 4.59. The molecule has 4 aliphatic rings. The molecule has 4 fully saturated rings. The van der Waals surface area contributed by atoms with Crippen molar-refractivity contribution in [3.8, 4) is 0 Å². The number of nitrogens with one attached hydrogen (secondary N) is 1. The lowest BCUT2D eigenvalue weighted by Crippen LogP contribution is -2.48. The molecule has 1 aromatic heterocycles. The van der Waals surface area contributed by atoms with Gasteiger partial charge in [-0.25, -0.2) is 4.98 Å². The Hall–Kier alpha value is -0.830. The highest BCUT2D eigenvalue weighted by Crippen LogP contribution is 2.60. The number of rotatable bonds is 4. The summed E-state index contributed by atoms with van der Waals surface area (Å²) in [6.07, 6.45) is 12.9. The monoisotopic (exact) mass is 273 g/mol. The third-order valence-electron chi connectivity index (χ3n) is 6.07. The number of hydrogen-bond acceptors (Lipinski definition) is 2. The van der Waals surface area contributed by atoms with Crippen molar-refractivity contribution in [1.29, 1.82) is 0 Å². The summed E-state index contributed by atoms with van der Waals surface area (Å²) in [4.78, 5) is 8.29. The maximum atomic E-state index is 5.85. The van der Waals surface area contributed by atoms with Crippen LogP contribution in [0.2, 0.25) is 0 Å². The van der Waals surface area contributed by atoms with Crippen LogP contribution in [-0.2, 0) is 11.8 Å². The Labute approximate surface area is 121 Å². The first-order chi connectivity index (χ1) is 9.63. The van der Waals surface area contributed by atoms with Crippen molar-refractivity contribution < 1.29 is 0 Å². The molecule has 0 radical (unpaired) electrons. The summed E-state index contributed by atoms with van der Waals surface area (Å²) < 4.78 is 0. The fraction of sp³-hybridized carbons (Fsp3) is 0.824. The van der Waals surface area contributed by atoms with E-state index in [4.69, 9.17) is 5.73 Å². The summed E-state index contributed by atoms with van der Waals surface area (Å²) in [6, 6.07) is 0.267. The van der Waals surface area contributed by atoms with Gasteiger partial charge >= 0.3 is 0 Å². The molecular formula is C17H27N3. The van der Waals surface area contributed by atoms with E-state index in [-0.39, 0.29) is 6.04 Å². The van der Waals surface area contributed by atoms with Gasteiger partial charge in [0, 0.05) is 29.8 Å². The minimum absolute atomic E-state index is 0.267. The van der Waals surface area contributed by atoms with Crippen LogP contribution in [0.3, 0.4) is 0 Å². The number of H-pyrrole nitrogens is 1. The first kappa shape index (κ1) is 12.9. The molecule has 4 saturated carbocycles. The van der Waals surface area contributed by atoms with Crippen molar-refractivity contribution in [1.82, 2.24) is 9.97 Å². The number of nitrogens with zero attached hydrogens (tertiary/aromatic N) is 1. The minimum atomic E-state index is 0.267. The molecule has 3 nitrogen and oxygen atoms in total. The first-order valence-electron chi connectivity index (χ1n) is 8.43. The Bertz CT molecular complexity index is 453. The number of aryl methyl sites for hydroxylation is 1. The van der Waals surface area contributed by atoms with Crippen molar-refractivity contribution in [2.45, 2.75) is 69.7 Å². The zero-order chi connectivity index (χ0) is 13.7. The zero-order valence-corrected chi connectivity index (χ0v) is 12.6. The van der Waals surface area contributed by atoms with Gasteiger partial charge in [-0.3, -0.25) is 0 Å². The molecule has 4 aliphatic carbocycles. The molecule has 3 heteroatoms. The van der Waals surface area contributed by atoms with Crippen LogP contribution in [0.1, 0.15) is 63.4 Å². The van der Waals surface area contributed by atoms with Crippen LogP contribution in [-0.4, -0.2) is 16.0 Å². The van der Waals surface area contributed by atoms with E-state index in [1.807, 2.05) is 0 Å². The SMILES string of the molecule is CC(N)CCc1ncc(C23CC4CC(CC(C4)C2)C3)[nH]1. The molecule has 0 aromatic carbocycles. The van der Waals surface area contributed by atoms with E-state index >= 15 is 0 Å². The van der Waals surface area contributed by atoms with Crippen LogP contribution < -0.4 is 5.73 Å². The Balaban J connectivity index is 1.55. The van der Waals surface area contributed by atoms with Gasteiger partial charge in [0.15, 0.2) is 0 Å². The van der Waals surface area contributed by atoms with Gasteiger partial charge in [0.2, 0.25) is 0 Å². The van der Waals surface area contributed by atoms with E-state index in [2.05, 4.69) is 23.1 Å². The quantitative estimate of drug-likeness (QED) is 0.885. The van der Waals surface area contributed by atoms with Gasteiger partial charge in [0.05, 0.1) is 0 Å². The molecule has 0 aliphatic heterocycles. The molecule has 1 aromatic rings. The smallest absolute Gasteiger partial charge is 0.106 e. The molecule has 0 spiro atoms. The minimum Gasteiger partial charge on any atom is -0.345 e. The lowest BCUT2D eigenvalue weighted by atomic mass is 9.49. The predicted octanol–water partition coefficient (Wildman–Crippen LogP) is 3.16. The third kappa shape index (κ3) is 2.11. The van der Waals surface area contributed by atoms with Gasteiger partial charge in [-0.2, -0.15) is 0 Å². The standard InChI is InChI=1S/C17H27N3/c1-11(18)2-3-16-19-10-15(20-16)17-7-12-4-13(8-17)6-14(5-12)9-17/h10-14H,2-9,18H2,1H3,(H,19,20). The maximum Gasteiger partial charge on any atom is 0.106 e. The van der Waals surface area contributed by atoms with Crippen LogP contribution in [0.25, 0.3) is 0 Å². The van der Waals surface area contributed by atoms with Gasteiger partial charge < -0.3 is 10.7 Å². The van der Waals surface area contributed by atoms with Gasteiger partial charge in [0.1, 0.15) is 5.82 Å². The van der Waals surface area contributed by atoms with E-state index in [9.17, 15) is 0 Å². The number of hydrogen-bond donors (Lipinski definition) is 2. The van der Waals surface area contributed by atoms with Crippen LogP contribution in [0.15, 0.2) is 6.20 Å². The predicted molar refractivity (Wildman–Crippen MR) is 80.4 cm³/mol. The van der Waals surface area contributed by atoms with Crippen molar-refractivity contribution in [2.24, 2.45) is 23.5 Å². The number of aromatic nitrogens is 2. The molecule has 20 heavy (non-hydrogen) atoms. The first-order valence-corrected chi connectivity index (χ1v) is 8.43. The lowest BCUT2D eigenvalue weighted by molar-refractivity contribution is -0.00706. The van der Waals surface area contributed by atoms with Gasteiger partial charge in [-0.05, 0) is 69.6 Å². The highest BCUT2D eigenvalue weighted by molar-refractivity contribution is 5.22. The number of imidazole rings is 1. The second-order valence-corrected chi connectivity index (χ2v) is 7.96. The molecule has 0 saturated heterocycles. The fourth-order valence-corrected chi connectivity index (χ4v) is 5.56.